The summed E-state index contributed by atoms with van der Waals surface area (Å²) in [5.41, 5.74) is 3.88. The zero-order valence-corrected chi connectivity index (χ0v) is 21.5. The van der Waals surface area contributed by atoms with Gasteiger partial charge in [0.25, 0.3) is 0 Å². The monoisotopic (exact) mass is 496 g/mol. The van der Waals surface area contributed by atoms with Crippen LogP contribution < -0.4 is 0 Å². The third kappa shape index (κ3) is 4.54. The molecule has 0 amide bonds. The molecular weight excluding hydrogens is 468 g/mol. The van der Waals surface area contributed by atoms with Gasteiger partial charge in [-0.05, 0) is 33.9 Å². The van der Waals surface area contributed by atoms with Crippen molar-refractivity contribution in [3.8, 4) is 0 Å². The van der Waals surface area contributed by atoms with Crippen LogP contribution in [-0.2, 0) is 15.2 Å². The van der Waals surface area contributed by atoms with Crippen LogP contribution in [-0.4, -0.2) is 20.6 Å². The SMILES string of the molecule is O=C(O)C(C[Si]C(c1ccccc1)(c1ccccc1)c1ccccc1)(c1ccccc1)c1ccccc1. The molecule has 2 radical (unpaired) electrons. The van der Waals surface area contributed by atoms with E-state index in [0.717, 1.165) is 27.8 Å². The van der Waals surface area contributed by atoms with E-state index in [1.165, 1.54) is 0 Å². The zero-order valence-electron chi connectivity index (χ0n) is 20.5. The Bertz CT molecular complexity index is 1280. The largest absolute Gasteiger partial charge is 0.480 e. The van der Waals surface area contributed by atoms with Crippen LogP contribution in [0.4, 0.5) is 0 Å². The number of aliphatic carboxylic acids is 1. The summed E-state index contributed by atoms with van der Waals surface area (Å²) >= 11 is 0. The molecule has 0 bridgehead atoms. The average Bonchev–Trinajstić information content (AvgIpc) is 2.98. The first kappa shape index (κ1) is 24.5. The maximum atomic E-state index is 13.4. The second-order valence-electron chi connectivity index (χ2n) is 9.14. The summed E-state index contributed by atoms with van der Waals surface area (Å²) in [6, 6.07) is 51.3. The Kier molecular flexibility index (Phi) is 7.15. The number of hydrogen-bond donors (Lipinski definition) is 1. The fourth-order valence-corrected chi connectivity index (χ4v) is 7.48. The Morgan fingerprint density at radius 2 is 0.757 bits per heavy atom. The Hall–Kier alpha value is -4.21. The molecule has 3 heteroatoms. The molecule has 180 valence electrons. The summed E-state index contributed by atoms with van der Waals surface area (Å²) in [4.78, 5) is 13.4. The molecule has 1 N–H and O–H groups in total. The first-order valence-corrected chi connectivity index (χ1v) is 13.6. The number of carboxylic acid groups (broad SMARTS) is 1. The van der Waals surface area contributed by atoms with Gasteiger partial charge in [0.1, 0.15) is 5.41 Å². The summed E-state index contributed by atoms with van der Waals surface area (Å²) in [5.74, 6) is -0.833. The molecule has 0 saturated heterocycles. The molecule has 0 aliphatic rings. The van der Waals surface area contributed by atoms with Crippen LogP contribution in [0.3, 0.4) is 0 Å². The summed E-state index contributed by atoms with van der Waals surface area (Å²) in [6.07, 6.45) is 0. The number of carboxylic acids is 1. The van der Waals surface area contributed by atoms with Gasteiger partial charge in [0.15, 0.2) is 0 Å². The van der Waals surface area contributed by atoms with Gasteiger partial charge in [0.2, 0.25) is 0 Å². The van der Waals surface area contributed by atoms with Gasteiger partial charge in [-0.1, -0.05) is 152 Å². The van der Waals surface area contributed by atoms with E-state index in [-0.39, 0.29) is 9.52 Å². The van der Waals surface area contributed by atoms with Crippen molar-refractivity contribution in [2.75, 3.05) is 0 Å². The first-order valence-electron chi connectivity index (χ1n) is 12.4. The average molecular weight is 497 g/mol. The highest BCUT2D eigenvalue weighted by molar-refractivity contribution is 6.44. The first-order chi connectivity index (χ1) is 18.2. The van der Waals surface area contributed by atoms with Crippen LogP contribution in [0, 0.1) is 0 Å². The minimum Gasteiger partial charge on any atom is -0.480 e. The van der Waals surface area contributed by atoms with Crippen molar-refractivity contribution >= 4 is 15.5 Å². The Morgan fingerprint density at radius 1 is 0.486 bits per heavy atom. The molecule has 2 nitrogen and oxygen atoms in total. The molecule has 0 atom stereocenters. The summed E-state index contributed by atoms with van der Waals surface area (Å²) in [5, 5.41) is 10.4. The van der Waals surface area contributed by atoms with E-state index >= 15 is 0 Å². The van der Waals surface area contributed by atoms with E-state index in [9.17, 15) is 9.90 Å². The minimum atomic E-state index is -1.19. The zero-order chi connectivity index (χ0) is 25.6. The normalized spacial score (nSPS) is 11.7. The fraction of sp³-hybridized carbons (Fsp3) is 0.0882. The molecule has 5 aromatic rings. The maximum Gasteiger partial charge on any atom is 0.318 e. The Balaban J connectivity index is 1.75. The van der Waals surface area contributed by atoms with Gasteiger partial charge in [-0.15, -0.1) is 0 Å². The standard InChI is InChI=1S/C34H28O2Si/c35-32(36)33(27-16-6-1-7-17-27,28-18-8-2-9-19-28)26-37-34(29-20-10-3-11-21-29,30-22-12-4-13-23-30)31-24-14-5-15-25-31/h1-25H,26H2,(H,35,36). The van der Waals surface area contributed by atoms with Gasteiger partial charge in [-0.25, -0.2) is 0 Å². The summed E-state index contributed by atoms with van der Waals surface area (Å²) in [7, 11) is 0.240. The third-order valence-electron chi connectivity index (χ3n) is 7.14. The molecule has 37 heavy (non-hydrogen) atoms. The number of rotatable bonds is 9. The molecule has 5 rings (SSSR count). The van der Waals surface area contributed by atoms with Crippen LogP contribution in [0.25, 0.3) is 0 Å². The van der Waals surface area contributed by atoms with Crippen LogP contribution in [0.15, 0.2) is 152 Å². The molecule has 0 heterocycles. The highest BCUT2D eigenvalue weighted by Gasteiger charge is 2.46. The predicted molar refractivity (Wildman–Crippen MR) is 151 cm³/mol. The third-order valence-corrected chi connectivity index (χ3v) is 9.24. The molecule has 5 aromatic carbocycles. The van der Waals surface area contributed by atoms with Gasteiger partial charge >= 0.3 is 5.97 Å². The molecule has 0 aromatic heterocycles. The van der Waals surface area contributed by atoms with Gasteiger partial charge < -0.3 is 5.11 Å². The van der Waals surface area contributed by atoms with Crippen molar-refractivity contribution in [3.63, 3.8) is 0 Å². The van der Waals surface area contributed by atoms with Crippen LogP contribution in [0.5, 0.6) is 0 Å². The summed E-state index contributed by atoms with van der Waals surface area (Å²) in [6.45, 7) is 0. The van der Waals surface area contributed by atoms with E-state index < -0.39 is 16.4 Å². The predicted octanol–water partition coefficient (Wildman–Crippen LogP) is 7.17. The van der Waals surface area contributed by atoms with Crippen molar-refractivity contribution in [2.24, 2.45) is 0 Å². The van der Waals surface area contributed by atoms with Crippen LogP contribution in [0.2, 0.25) is 6.04 Å². The van der Waals surface area contributed by atoms with E-state index in [1.807, 2.05) is 78.9 Å². The maximum absolute atomic E-state index is 13.4. The molecule has 0 unspecified atom stereocenters. The van der Waals surface area contributed by atoms with E-state index in [0.29, 0.717) is 6.04 Å². The van der Waals surface area contributed by atoms with Crippen LogP contribution >= 0.6 is 0 Å². The number of benzene rings is 5. The molecular formula is C34H28O2Si. The fourth-order valence-electron chi connectivity index (χ4n) is 5.27. The summed E-state index contributed by atoms with van der Waals surface area (Å²) < 4.78 is 0. The molecule has 0 aliphatic carbocycles. The van der Waals surface area contributed by atoms with Crippen molar-refractivity contribution < 1.29 is 9.90 Å². The van der Waals surface area contributed by atoms with Gasteiger partial charge in [0, 0.05) is 5.04 Å². The molecule has 0 fully saturated rings. The molecule has 0 spiro atoms. The van der Waals surface area contributed by atoms with Crippen molar-refractivity contribution in [2.45, 2.75) is 16.5 Å². The van der Waals surface area contributed by atoms with Gasteiger partial charge in [-0.3, -0.25) is 4.79 Å². The lowest BCUT2D eigenvalue weighted by Gasteiger charge is -2.39. The Labute approximate surface area is 221 Å². The van der Waals surface area contributed by atoms with E-state index in [2.05, 4.69) is 72.8 Å². The lowest BCUT2D eigenvalue weighted by Crippen LogP contribution is -2.44. The Morgan fingerprint density at radius 3 is 1.03 bits per heavy atom. The van der Waals surface area contributed by atoms with E-state index in [1.54, 1.807) is 0 Å². The smallest absolute Gasteiger partial charge is 0.318 e. The molecule has 0 aliphatic heterocycles. The van der Waals surface area contributed by atoms with Crippen molar-refractivity contribution in [3.05, 3.63) is 179 Å². The lowest BCUT2D eigenvalue weighted by atomic mass is 9.76. The van der Waals surface area contributed by atoms with Crippen LogP contribution in [0.1, 0.15) is 27.8 Å². The molecule has 0 saturated carbocycles. The number of hydrogen-bond acceptors (Lipinski definition) is 1. The second kappa shape index (κ2) is 10.8. The quantitative estimate of drug-likeness (QED) is 0.173. The highest BCUT2D eigenvalue weighted by Crippen LogP contribution is 2.44. The van der Waals surface area contributed by atoms with Gasteiger partial charge in [0.05, 0.1) is 9.52 Å². The van der Waals surface area contributed by atoms with E-state index in [4.69, 9.17) is 0 Å². The number of carbonyl (C=O) groups is 1. The minimum absolute atomic E-state index is 0.240. The van der Waals surface area contributed by atoms with Crippen molar-refractivity contribution in [1.29, 1.82) is 0 Å². The highest BCUT2D eigenvalue weighted by atomic mass is 28.2. The topological polar surface area (TPSA) is 37.3 Å². The van der Waals surface area contributed by atoms with Gasteiger partial charge in [-0.2, -0.15) is 0 Å². The second-order valence-corrected chi connectivity index (χ2v) is 10.6. The van der Waals surface area contributed by atoms with Crippen molar-refractivity contribution in [1.82, 2.24) is 0 Å². The lowest BCUT2D eigenvalue weighted by molar-refractivity contribution is -0.141.